The summed E-state index contributed by atoms with van der Waals surface area (Å²) in [5.41, 5.74) is 2.69. The van der Waals surface area contributed by atoms with E-state index in [4.69, 9.17) is 4.74 Å². The predicted molar refractivity (Wildman–Crippen MR) is 112 cm³/mol. The molecule has 1 aliphatic heterocycles. The largest absolute Gasteiger partial charge is 0.444 e. The second-order valence-corrected chi connectivity index (χ2v) is 8.34. The average Bonchev–Trinajstić information content (AvgIpc) is 3.17. The molecule has 156 valence electrons. The van der Waals surface area contributed by atoms with Crippen LogP contribution in [-0.4, -0.2) is 49.9 Å². The molecule has 7 heteroatoms. The van der Waals surface area contributed by atoms with Gasteiger partial charge < -0.3 is 9.94 Å². The summed E-state index contributed by atoms with van der Waals surface area (Å²) in [4.78, 5) is 14.4. The Balaban J connectivity index is 1.89. The minimum Gasteiger partial charge on any atom is -0.444 e. The van der Waals surface area contributed by atoms with Crippen molar-refractivity contribution in [3.8, 4) is 11.1 Å². The standard InChI is InChI=1S/C22H30N4O3/c1-5-25-15-18(14-23-25)16-9-8-10-17(13-16)20(24-28)19-11-6-7-12-26(19)21(27)29-22(2,3)4/h8-10,13-15,19,28H,5-7,11-12H2,1-4H3/t19-/m0/s1. The lowest BCUT2D eigenvalue weighted by molar-refractivity contribution is 0.0165. The number of likely N-dealkylation sites (tertiary alicyclic amines) is 1. The molecule has 1 fully saturated rings. The van der Waals surface area contributed by atoms with Gasteiger partial charge in [-0.3, -0.25) is 9.58 Å². The Morgan fingerprint density at radius 3 is 2.76 bits per heavy atom. The summed E-state index contributed by atoms with van der Waals surface area (Å²) in [5, 5.41) is 17.8. The molecule has 1 N–H and O–H groups in total. The fourth-order valence-corrected chi connectivity index (χ4v) is 3.62. The fraction of sp³-hybridized carbons (Fsp3) is 0.500. The van der Waals surface area contributed by atoms with Crippen molar-refractivity contribution < 1.29 is 14.7 Å². The van der Waals surface area contributed by atoms with Gasteiger partial charge in [-0.25, -0.2) is 4.79 Å². The average molecular weight is 399 g/mol. The van der Waals surface area contributed by atoms with Gasteiger partial charge in [0.05, 0.1) is 12.2 Å². The van der Waals surface area contributed by atoms with E-state index in [-0.39, 0.29) is 12.1 Å². The van der Waals surface area contributed by atoms with Gasteiger partial charge in [-0.2, -0.15) is 5.10 Å². The maximum atomic E-state index is 12.8. The summed E-state index contributed by atoms with van der Waals surface area (Å²) in [6.07, 6.45) is 6.05. The van der Waals surface area contributed by atoms with Crippen molar-refractivity contribution in [1.29, 1.82) is 0 Å². The third-order valence-electron chi connectivity index (χ3n) is 5.00. The van der Waals surface area contributed by atoms with Crippen molar-refractivity contribution in [2.24, 2.45) is 5.16 Å². The topological polar surface area (TPSA) is 80.0 Å². The summed E-state index contributed by atoms with van der Waals surface area (Å²) in [6, 6.07) is 7.50. The third-order valence-corrected chi connectivity index (χ3v) is 5.00. The first kappa shape index (κ1) is 20.9. The van der Waals surface area contributed by atoms with Crippen LogP contribution in [0.2, 0.25) is 0 Å². The monoisotopic (exact) mass is 398 g/mol. The molecular weight excluding hydrogens is 368 g/mol. The van der Waals surface area contributed by atoms with Crippen LogP contribution in [0.4, 0.5) is 4.79 Å². The van der Waals surface area contributed by atoms with Crippen molar-refractivity contribution in [3.05, 3.63) is 42.2 Å². The van der Waals surface area contributed by atoms with Crippen molar-refractivity contribution in [3.63, 3.8) is 0 Å². The van der Waals surface area contributed by atoms with Gasteiger partial charge in [0, 0.05) is 30.4 Å². The summed E-state index contributed by atoms with van der Waals surface area (Å²) in [5.74, 6) is 0. The molecule has 1 saturated heterocycles. The van der Waals surface area contributed by atoms with E-state index in [1.807, 2.05) is 69.0 Å². The number of carbonyl (C=O) groups is 1. The third kappa shape index (κ3) is 4.96. The fourth-order valence-electron chi connectivity index (χ4n) is 3.62. The molecule has 1 aromatic heterocycles. The minimum atomic E-state index is -0.574. The van der Waals surface area contributed by atoms with Gasteiger partial charge in [0.15, 0.2) is 0 Å². The Bertz CT molecular complexity index is 882. The van der Waals surface area contributed by atoms with Gasteiger partial charge in [0.1, 0.15) is 11.3 Å². The molecule has 29 heavy (non-hydrogen) atoms. The quantitative estimate of drug-likeness (QED) is 0.466. The van der Waals surface area contributed by atoms with Crippen molar-refractivity contribution in [2.45, 2.75) is 65.1 Å². The molecule has 1 aliphatic rings. The van der Waals surface area contributed by atoms with E-state index < -0.39 is 5.60 Å². The molecule has 0 spiro atoms. The summed E-state index contributed by atoms with van der Waals surface area (Å²) in [7, 11) is 0. The lowest BCUT2D eigenvalue weighted by Gasteiger charge is -2.37. The lowest BCUT2D eigenvalue weighted by atomic mass is 9.92. The smallest absolute Gasteiger partial charge is 0.410 e. The second-order valence-electron chi connectivity index (χ2n) is 8.34. The zero-order valence-electron chi connectivity index (χ0n) is 17.6. The Morgan fingerprint density at radius 2 is 2.10 bits per heavy atom. The van der Waals surface area contributed by atoms with E-state index in [0.717, 1.165) is 42.5 Å². The molecule has 0 saturated carbocycles. The zero-order chi connectivity index (χ0) is 21.0. The molecule has 2 heterocycles. The van der Waals surface area contributed by atoms with E-state index >= 15 is 0 Å². The van der Waals surface area contributed by atoms with Crippen molar-refractivity contribution in [2.75, 3.05) is 6.54 Å². The van der Waals surface area contributed by atoms with Crippen LogP contribution in [0.5, 0.6) is 0 Å². The van der Waals surface area contributed by atoms with Crippen LogP contribution in [0.15, 0.2) is 41.8 Å². The summed E-state index contributed by atoms with van der Waals surface area (Å²) < 4.78 is 7.45. The maximum absolute atomic E-state index is 12.8. The highest BCUT2D eigenvalue weighted by atomic mass is 16.6. The Kier molecular flexibility index (Phi) is 6.25. The van der Waals surface area contributed by atoms with E-state index in [1.54, 1.807) is 4.90 Å². The van der Waals surface area contributed by atoms with Crippen LogP contribution >= 0.6 is 0 Å². The number of piperidine rings is 1. The number of aryl methyl sites for hydroxylation is 1. The van der Waals surface area contributed by atoms with E-state index in [9.17, 15) is 10.0 Å². The Labute approximate surface area is 172 Å². The number of rotatable bonds is 4. The van der Waals surface area contributed by atoms with E-state index in [0.29, 0.717) is 12.3 Å². The van der Waals surface area contributed by atoms with Gasteiger partial charge in [0.2, 0.25) is 0 Å². The number of oxime groups is 1. The molecule has 1 atom stereocenters. The maximum Gasteiger partial charge on any atom is 0.410 e. The van der Waals surface area contributed by atoms with Crippen molar-refractivity contribution >= 4 is 11.8 Å². The highest BCUT2D eigenvalue weighted by molar-refractivity contribution is 6.06. The van der Waals surface area contributed by atoms with Crippen LogP contribution < -0.4 is 0 Å². The van der Waals surface area contributed by atoms with Gasteiger partial charge in [-0.15, -0.1) is 0 Å². The first-order valence-electron chi connectivity index (χ1n) is 10.2. The number of hydrogen-bond acceptors (Lipinski definition) is 5. The molecule has 0 aliphatic carbocycles. The van der Waals surface area contributed by atoms with Gasteiger partial charge >= 0.3 is 6.09 Å². The van der Waals surface area contributed by atoms with E-state index in [1.165, 1.54) is 0 Å². The molecular formula is C22H30N4O3. The van der Waals surface area contributed by atoms with E-state index in [2.05, 4.69) is 10.3 Å². The van der Waals surface area contributed by atoms with Crippen LogP contribution in [0.25, 0.3) is 11.1 Å². The second kappa shape index (κ2) is 8.68. The number of hydrogen-bond donors (Lipinski definition) is 1. The number of nitrogens with zero attached hydrogens (tertiary/aromatic N) is 4. The highest BCUT2D eigenvalue weighted by Gasteiger charge is 2.34. The molecule has 0 bridgehead atoms. The van der Waals surface area contributed by atoms with Crippen molar-refractivity contribution in [1.82, 2.24) is 14.7 Å². The van der Waals surface area contributed by atoms with Crippen LogP contribution in [0, 0.1) is 0 Å². The molecule has 2 aromatic rings. The molecule has 7 nitrogen and oxygen atoms in total. The van der Waals surface area contributed by atoms with Gasteiger partial charge in [-0.05, 0) is 58.6 Å². The molecule has 3 rings (SSSR count). The molecule has 0 radical (unpaired) electrons. The number of carbonyl (C=O) groups excluding carboxylic acids is 1. The number of ether oxygens (including phenoxy) is 1. The van der Waals surface area contributed by atoms with Crippen LogP contribution in [0.3, 0.4) is 0 Å². The minimum absolute atomic E-state index is 0.322. The zero-order valence-corrected chi connectivity index (χ0v) is 17.6. The predicted octanol–water partition coefficient (Wildman–Crippen LogP) is 4.54. The number of benzene rings is 1. The highest BCUT2D eigenvalue weighted by Crippen LogP contribution is 2.26. The summed E-state index contributed by atoms with van der Waals surface area (Å²) in [6.45, 7) is 8.98. The first-order chi connectivity index (χ1) is 13.8. The lowest BCUT2D eigenvalue weighted by Crippen LogP contribution is -2.50. The SMILES string of the molecule is CCn1cc(-c2cccc(C(=NO)[C@@H]3CCCCN3C(=O)OC(C)(C)C)c2)cn1. The Hall–Kier alpha value is -2.83. The Morgan fingerprint density at radius 1 is 1.31 bits per heavy atom. The first-order valence-corrected chi connectivity index (χ1v) is 10.2. The van der Waals surface area contributed by atoms with Crippen LogP contribution in [-0.2, 0) is 11.3 Å². The van der Waals surface area contributed by atoms with Gasteiger partial charge in [-0.1, -0.05) is 23.4 Å². The van der Waals surface area contributed by atoms with Crippen LogP contribution in [0.1, 0.15) is 52.5 Å². The van der Waals surface area contributed by atoms with Gasteiger partial charge in [0.25, 0.3) is 0 Å². The normalized spacial score (nSPS) is 18.0. The number of aromatic nitrogens is 2. The summed E-state index contributed by atoms with van der Waals surface area (Å²) >= 11 is 0. The molecule has 1 aromatic carbocycles. The molecule has 1 amide bonds. The molecule has 0 unspecified atom stereocenters. The number of amides is 1.